The van der Waals surface area contributed by atoms with E-state index in [-0.39, 0.29) is 29.5 Å². The first-order valence-corrected chi connectivity index (χ1v) is 8.22. The molecule has 0 unspecified atom stereocenters. The van der Waals surface area contributed by atoms with Crippen molar-refractivity contribution in [3.8, 4) is 5.75 Å². The Labute approximate surface area is 151 Å². The smallest absolute Gasteiger partial charge is 0.238 e. The molecule has 0 fully saturated rings. The van der Waals surface area contributed by atoms with Gasteiger partial charge in [-0.25, -0.2) is 0 Å². The Morgan fingerprint density at radius 1 is 1.00 bits per heavy atom. The first-order valence-electron chi connectivity index (χ1n) is 8.22. The summed E-state index contributed by atoms with van der Waals surface area (Å²) in [7, 11) is 0. The third-order valence-corrected chi connectivity index (χ3v) is 3.81. The van der Waals surface area contributed by atoms with Gasteiger partial charge in [0.2, 0.25) is 11.2 Å². The van der Waals surface area contributed by atoms with Gasteiger partial charge in [0.25, 0.3) is 0 Å². The van der Waals surface area contributed by atoms with Gasteiger partial charge in [-0.15, -0.1) is 0 Å². The Kier molecular flexibility index (Phi) is 5.44. The monoisotopic (exact) mass is 346 g/mol. The molecule has 0 saturated heterocycles. The van der Waals surface area contributed by atoms with Crippen LogP contribution in [0.25, 0.3) is 12.2 Å². The lowest BCUT2D eigenvalue weighted by Crippen LogP contribution is -2.16. The topological polar surface area (TPSA) is 56.5 Å². The second-order valence-corrected chi connectivity index (χ2v) is 5.75. The molecule has 0 radical (unpaired) electrons. The Morgan fingerprint density at radius 3 is 2.31 bits per heavy atom. The van der Waals surface area contributed by atoms with Crippen LogP contribution in [-0.4, -0.2) is 5.78 Å². The first-order chi connectivity index (χ1) is 12.6. The van der Waals surface area contributed by atoms with E-state index in [1.165, 1.54) is 13.2 Å². The zero-order valence-electron chi connectivity index (χ0n) is 14.3. The molecule has 26 heavy (non-hydrogen) atoms. The Hall–Kier alpha value is -3.40. The van der Waals surface area contributed by atoms with E-state index in [1.54, 1.807) is 6.08 Å². The summed E-state index contributed by atoms with van der Waals surface area (Å²) in [6.45, 7) is 1.53. The van der Waals surface area contributed by atoms with Crippen LogP contribution in [0.5, 0.6) is 5.75 Å². The van der Waals surface area contributed by atoms with Gasteiger partial charge in [0.1, 0.15) is 18.4 Å². The maximum atomic E-state index is 12.6. The van der Waals surface area contributed by atoms with Gasteiger partial charge < -0.3 is 9.15 Å². The van der Waals surface area contributed by atoms with E-state index in [0.717, 1.165) is 11.1 Å². The average Bonchev–Trinajstić information content (AvgIpc) is 2.67. The highest BCUT2D eigenvalue weighted by Gasteiger charge is 2.16. The molecule has 0 saturated carbocycles. The predicted molar refractivity (Wildman–Crippen MR) is 101 cm³/mol. The molecule has 0 aliphatic heterocycles. The van der Waals surface area contributed by atoms with Crippen LogP contribution in [0.15, 0.2) is 76.1 Å². The summed E-state index contributed by atoms with van der Waals surface area (Å²) in [6.07, 6.45) is 4.67. The summed E-state index contributed by atoms with van der Waals surface area (Å²) in [5.74, 6) is -0.0459. The fourth-order valence-corrected chi connectivity index (χ4v) is 2.42. The minimum atomic E-state index is -0.465. The van der Waals surface area contributed by atoms with Crippen LogP contribution >= 0.6 is 0 Å². The minimum Gasteiger partial charge on any atom is -0.481 e. The lowest BCUT2D eigenvalue weighted by atomic mass is 10.1. The van der Waals surface area contributed by atoms with Gasteiger partial charge in [-0.3, -0.25) is 9.59 Å². The summed E-state index contributed by atoms with van der Waals surface area (Å²) >= 11 is 0. The van der Waals surface area contributed by atoms with Crippen molar-refractivity contribution < 1.29 is 13.9 Å². The van der Waals surface area contributed by atoms with Crippen LogP contribution in [0.3, 0.4) is 0 Å². The number of carbonyl (C=O) groups is 1. The number of Topliss-reactive ketones (excluding diaryl/α,β-unsaturated/α-hetero) is 1. The molecule has 2 aromatic carbocycles. The number of hydrogen-bond acceptors (Lipinski definition) is 4. The molecule has 1 heterocycles. The quantitative estimate of drug-likeness (QED) is 0.613. The lowest BCUT2D eigenvalue weighted by Gasteiger charge is -2.09. The second kappa shape index (κ2) is 8.12. The zero-order valence-corrected chi connectivity index (χ0v) is 14.3. The number of hydrogen-bond donors (Lipinski definition) is 0. The standard InChI is InChI=1S/C22H18O4/c1-16(23)19-15-25-20(13-12-17-8-4-2-5-9-17)22(21(19)24)26-14-18-10-6-3-7-11-18/h2-13,15H,14H2,1H3/b13-12+. The third-order valence-electron chi connectivity index (χ3n) is 3.81. The van der Waals surface area contributed by atoms with Crippen LogP contribution in [0.2, 0.25) is 0 Å². The summed E-state index contributed by atoms with van der Waals surface area (Å²) < 4.78 is 11.2. The van der Waals surface area contributed by atoms with Gasteiger partial charge in [-0.1, -0.05) is 66.7 Å². The number of rotatable bonds is 6. The molecule has 0 bridgehead atoms. The van der Waals surface area contributed by atoms with Crippen molar-refractivity contribution in [3.05, 3.63) is 99.6 Å². The molecule has 4 nitrogen and oxygen atoms in total. The van der Waals surface area contributed by atoms with Gasteiger partial charge in [-0.05, 0) is 24.1 Å². The van der Waals surface area contributed by atoms with Crippen LogP contribution in [0.1, 0.15) is 34.2 Å². The lowest BCUT2D eigenvalue weighted by molar-refractivity contribution is 0.101. The van der Waals surface area contributed by atoms with E-state index in [1.807, 2.05) is 66.7 Å². The largest absolute Gasteiger partial charge is 0.481 e. The maximum absolute atomic E-state index is 12.6. The number of ether oxygens (including phenoxy) is 1. The molecule has 0 spiro atoms. The van der Waals surface area contributed by atoms with E-state index in [9.17, 15) is 9.59 Å². The predicted octanol–water partition coefficient (Wildman–Crippen LogP) is 4.59. The van der Waals surface area contributed by atoms with E-state index in [4.69, 9.17) is 9.15 Å². The number of benzene rings is 2. The molecule has 0 N–H and O–H groups in total. The molecular formula is C22H18O4. The molecule has 0 aliphatic carbocycles. The first kappa shape index (κ1) is 17.4. The molecule has 0 aliphatic rings. The molecule has 0 amide bonds. The van der Waals surface area contributed by atoms with Crippen molar-refractivity contribution in [2.45, 2.75) is 13.5 Å². The minimum absolute atomic E-state index is 0.0232. The summed E-state index contributed by atoms with van der Waals surface area (Å²) in [6, 6.07) is 19.1. The van der Waals surface area contributed by atoms with Crippen molar-refractivity contribution >= 4 is 17.9 Å². The Bertz CT molecular complexity index is 970. The average molecular weight is 346 g/mol. The zero-order chi connectivity index (χ0) is 18.4. The summed E-state index contributed by atoms with van der Waals surface area (Å²) in [5, 5.41) is 0. The molecular weight excluding hydrogens is 328 g/mol. The van der Waals surface area contributed by atoms with E-state index < -0.39 is 5.43 Å². The number of carbonyl (C=O) groups excluding carboxylic acids is 1. The highest BCUT2D eigenvalue weighted by Crippen LogP contribution is 2.20. The molecule has 4 heteroatoms. The van der Waals surface area contributed by atoms with Crippen molar-refractivity contribution in [2.75, 3.05) is 0 Å². The van der Waals surface area contributed by atoms with Crippen LogP contribution in [-0.2, 0) is 6.61 Å². The number of ketones is 1. The van der Waals surface area contributed by atoms with E-state index in [0.29, 0.717) is 0 Å². The molecule has 1 aromatic heterocycles. The highest BCUT2D eigenvalue weighted by molar-refractivity contribution is 5.94. The van der Waals surface area contributed by atoms with Gasteiger partial charge in [0.05, 0.1) is 0 Å². The maximum Gasteiger partial charge on any atom is 0.238 e. The summed E-state index contributed by atoms with van der Waals surface area (Å²) in [4.78, 5) is 24.3. The summed E-state index contributed by atoms with van der Waals surface area (Å²) in [5.41, 5.74) is 1.38. The van der Waals surface area contributed by atoms with E-state index in [2.05, 4.69) is 0 Å². The molecule has 3 rings (SSSR count). The van der Waals surface area contributed by atoms with Gasteiger partial charge >= 0.3 is 0 Å². The van der Waals surface area contributed by atoms with Crippen LogP contribution in [0, 0.1) is 0 Å². The molecule has 130 valence electrons. The molecule has 3 aromatic rings. The van der Waals surface area contributed by atoms with Crippen molar-refractivity contribution in [1.82, 2.24) is 0 Å². The third kappa shape index (κ3) is 4.16. The van der Waals surface area contributed by atoms with Gasteiger partial charge in [0, 0.05) is 0 Å². The van der Waals surface area contributed by atoms with Crippen molar-refractivity contribution in [1.29, 1.82) is 0 Å². The van der Waals surface area contributed by atoms with Crippen LogP contribution in [0.4, 0.5) is 0 Å². The highest BCUT2D eigenvalue weighted by atomic mass is 16.5. The Morgan fingerprint density at radius 2 is 1.65 bits per heavy atom. The second-order valence-electron chi connectivity index (χ2n) is 5.75. The molecule has 0 atom stereocenters. The van der Waals surface area contributed by atoms with Gasteiger partial charge in [-0.2, -0.15) is 0 Å². The van der Waals surface area contributed by atoms with Gasteiger partial charge in [0.15, 0.2) is 11.5 Å². The van der Waals surface area contributed by atoms with Crippen molar-refractivity contribution in [3.63, 3.8) is 0 Å². The normalized spacial score (nSPS) is 10.8. The SMILES string of the molecule is CC(=O)c1coc(/C=C/c2ccccc2)c(OCc2ccccc2)c1=O. The van der Waals surface area contributed by atoms with E-state index >= 15 is 0 Å². The Balaban J connectivity index is 1.95. The fourth-order valence-electron chi connectivity index (χ4n) is 2.42. The van der Waals surface area contributed by atoms with Crippen molar-refractivity contribution in [2.24, 2.45) is 0 Å². The van der Waals surface area contributed by atoms with Crippen LogP contribution < -0.4 is 10.2 Å². The fraction of sp³-hybridized carbons (Fsp3) is 0.0909.